The third kappa shape index (κ3) is 2.83. The maximum absolute atomic E-state index is 12.5. The molecule has 2 amide bonds. The Kier molecular flexibility index (Phi) is 3.86. The van der Waals surface area contributed by atoms with Gasteiger partial charge in [0.2, 0.25) is 5.91 Å². The Morgan fingerprint density at radius 3 is 2.64 bits per heavy atom. The lowest BCUT2D eigenvalue weighted by Gasteiger charge is -2.16. The van der Waals surface area contributed by atoms with E-state index in [4.69, 9.17) is 11.6 Å². The second-order valence-corrected chi connectivity index (χ2v) is 5.75. The first-order valence-corrected chi connectivity index (χ1v) is 7.38. The number of benzene rings is 2. The van der Waals surface area contributed by atoms with Crippen molar-refractivity contribution in [2.24, 2.45) is 0 Å². The summed E-state index contributed by atoms with van der Waals surface area (Å²) >= 11 is 5.94. The lowest BCUT2D eigenvalue weighted by Crippen LogP contribution is -2.34. The zero-order chi connectivity index (χ0) is 15.7. The van der Waals surface area contributed by atoms with Crippen LogP contribution in [0.25, 0.3) is 0 Å². The van der Waals surface area contributed by atoms with Crippen LogP contribution in [0.15, 0.2) is 48.5 Å². The molecule has 5 heteroatoms. The van der Waals surface area contributed by atoms with Gasteiger partial charge in [0.1, 0.15) is 6.04 Å². The molecule has 2 aromatic carbocycles. The number of aryl methyl sites for hydroxylation is 1. The van der Waals surface area contributed by atoms with Gasteiger partial charge in [0.05, 0.1) is 12.1 Å². The number of imide groups is 1. The Balaban J connectivity index is 1.82. The number of nitrogens with one attached hydrogen (secondary N) is 1. The van der Waals surface area contributed by atoms with E-state index in [2.05, 4.69) is 5.32 Å². The molecule has 4 nitrogen and oxygen atoms in total. The molecule has 1 fully saturated rings. The molecule has 2 aromatic rings. The molecule has 0 bridgehead atoms. The Morgan fingerprint density at radius 1 is 1.14 bits per heavy atom. The fourth-order valence-corrected chi connectivity index (χ4v) is 2.75. The van der Waals surface area contributed by atoms with Crippen molar-refractivity contribution in [3.8, 4) is 0 Å². The van der Waals surface area contributed by atoms with Gasteiger partial charge in [-0.15, -0.1) is 0 Å². The van der Waals surface area contributed by atoms with Gasteiger partial charge in [-0.1, -0.05) is 29.8 Å². The average molecular weight is 315 g/mol. The second-order valence-electron chi connectivity index (χ2n) is 5.32. The van der Waals surface area contributed by atoms with Gasteiger partial charge in [-0.25, -0.2) is 4.90 Å². The smallest absolute Gasteiger partial charge is 0.256 e. The minimum atomic E-state index is -0.563. The van der Waals surface area contributed by atoms with E-state index in [1.54, 1.807) is 24.3 Å². The molecule has 112 valence electrons. The van der Waals surface area contributed by atoms with Gasteiger partial charge in [0, 0.05) is 10.7 Å². The normalized spacial score (nSPS) is 17.9. The molecule has 1 aliphatic heterocycles. The zero-order valence-corrected chi connectivity index (χ0v) is 12.8. The van der Waals surface area contributed by atoms with E-state index in [0.717, 1.165) is 11.3 Å². The molecule has 0 radical (unpaired) electrons. The number of halogens is 1. The third-order valence-corrected chi connectivity index (χ3v) is 3.81. The van der Waals surface area contributed by atoms with Crippen LogP contribution in [0.2, 0.25) is 5.02 Å². The van der Waals surface area contributed by atoms with E-state index in [1.807, 2.05) is 31.2 Å². The standard InChI is InChI=1S/C17H15ClN2O2/c1-11-4-2-7-14(8-11)20-16(21)10-15(17(20)22)19-13-6-3-5-12(18)9-13/h2-9,15,19H,10H2,1H3. The van der Waals surface area contributed by atoms with Crippen molar-refractivity contribution in [2.75, 3.05) is 10.2 Å². The summed E-state index contributed by atoms with van der Waals surface area (Å²) in [6.45, 7) is 1.93. The van der Waals surface area contributed by atoms with E-state index >= 15 is 0 Å². The molecule has 1 atom stereocenters. The van der Waals surface area contributed by atoms with Gasteiger partial charge in [0.25, 0.3) is 5.91 Å². The van der Waals surface area contributed by atoms with E-state index in [1.165, 1.54) is 4.90 Å². The predicted molar refractivity (Wildman–Crippen MR) is 87.2 cm³/mol. The quantitative estimate of drug-likeness (QED) is 0.883. The molecule has 1 aliphatic rings. The van der Waals surface area contributed by atoms with Crippen molar-refractivity contribution < 1.29 is 9.59 Å². The summed E-state index contributed by atoms with van der Waals surface area (Å²) in [5, 5.41) is 3.66. The summed E-state index contributed by atoms with van der Waals surface area (Å²) in [5.41, 5.74) is 2.35. The van der Waals surface area contributed by atoms with Crippen molar-refractivity contribution in [3.63, 3.8) is 0 Å². The molecule has 1 unspecified atom stereocenters. The van der Waals surface area contributed by atoms with Crippen LogP contribution in [0.3, 0.4) is 0 Å². The van der Waals surface area contributed by atoms with Crippen molar-refractivity contribution in [2.45, 2.75) is 19.4 Å². The Labute approximate surface area is 133 Å². The third-order valence-electron chi connectivity index (χ3n) is 3.57. The van der Waals surface area contributed by atoms with Crippen molar-refractivity contribution in [1.82, 2.24) is 0 Å². The first-order chi connectivity index (χ1) is 10.5. The molecular weight excluding hydrogens is 300 g/mol. The summed E-state index contributed by atoms with van der Waals surface area (Å²) in [6.07, 6.45) is 0.138. The fourth-order valence-electron chi connectivity index (χ4n) is 2.56. The number of carbonyl (C=O) groups excluding carboxylic acids is 2. The van der Waals surface area contributed by atoms with Gasteiger partial charge < -0.3 is 5.32 Å². The van der Waals surface area contributed by atoms with Gasteiger partial charge in [0.15, 0.2) is 0 Å². The molecule has 0 saturated carbocycles. The number of carbonyl (C=O) groups is 2. The molecule has 0 aromatic heterocycles. The molecule has 1 heterocycles. The van der Waals surface area contributed by atoms with Gasteiger partial charge >= 0.3 is 0 Å². The number of hydrogen-bond acceptors (Lipinski definition) is 3. The van der Waals surface area contributed by atoms with E-state index in [0.29, 0.717) is 10.7 Å². The van der Waals surface area contributed by atoms with Crippen LogP contribution < -0.4 is 10.2 Å². The molecular formula is C17H15ClN2O2. The Bertz CT molecular complexity index is 745. The summed E-state index contributed by atoms with van der Waals surface area (Å²) < 4.78 is 0. The van der Waals surface area contributed by atoms with E-state index in [9.17, 15) is 9.59 Å². The van der Waals surface area contributed by atoms with Crippen LogP contribution in [-0.4, -0.2) is 17.9 Å². The molecule has 0 aliphatic carbocycles. The Morgan fingerprint density at radius 2 is 1.91 bits per heavy atom. The number of nitrogens with zero attached hydrogens (tertiary/aromatic N) is 1. The SMILES string of the molecule is Cc1cccc(N2C(=O)CC(Nc3cccc(Cl)c3)C2=O)c1. The zero-order valence-electron chi connectivity index (χ0n) is 12.0. The first kappa shape index (κ1) is 14.6. The summed E-state index contributed by atoms with van der Waals surface area (Å²) in [5.74, 6) is -0.439. The van der Waals surface area contributed by atoms with E-state index in [-0.39, 0.29) is 18.2 Å². The maximum Gasteiger partial charge on any atom is 0.256 e. The number of hydrogen-bond donors (Lipinski definition) is 1. The van der Waals surface area contributed by atoms with Crippen LogP contribution >= 0.6 is 11.6 Å². The average Bonchev–Trinajstić information content (AvgIpc) is 2.73. The van der Waals surface area contributed by atoms with Gasteiger partial charge in [-0.2, -0.15) is 0 Å². The molecule has 22 heavy (non-hydrogen) atoms. The van der Waals surface area contributed by atoms with Crippen LogP contribution in [0, 0.1) is 6.92 Å². The van der Waals surface area contributed by atoms with Gasteiger partial charge in [-0.3, -0.25) is 9.59 Å². The number of rotatable bonds is 3. The highest BCUT2D eigenvalue weighted by molar-refractivity contribution is 6.30. The summed E-state index contributed by atoms with van der Waals surface area (Å²) in [7, 11) is 0. The molecule has 3 rings (SSSR count). The highest BCUT2D eigenvalue weighted by atomic mass is 35.5. The number of amides is 2. The van der Waals surface area contributed by atoms with Crippen molar-refractivity contribution in [3.05, 3.63) is 59.1 Å². The minimum Gasteiger partial charge on any atom is -0.373 e. The van der Waals surface area contributed by atoms with E-state index < -0.39 is 6.04 Å². The molecule has 1 saturated heterocycles. The minimum absolute atomic E-state index is 0.138. The molecule has 0 spiro atoms. The van der Waals surface area contributed by atoms with Crippen LogP contribution in [0.5, 0.6) is 0 Å². The predicted octanol–water partition coefficient (Wildman–Crippen LogP) is 3.39. The maximum atomic E-state index is 12.5. The Hall–Kier alpha value is -2.33. The van der Waals surface area contributed by atoms with Gasteiger partial charge in [-0.05, 0) is 42.8 Å². The summed E-state index contributed by atoms with van der Waals surface area (Å²) in [6, 6.07) is 13.9. The highest BCUT2D eigenvalue weighted by Crippen LogP contribution is 2.26. The lowest BCUT2D eigenvalue weighted by molar-refractivity contribution is -0.121. The molecule has 1 N–H and O–H groups in total. The fraction of sp³-hybridized carbons (Fsp3) is 0.176. The number of anilines is 2. The first-order valence-electron chi connectivity index (χ1n) is 7.00. The second kappa shape index (κ2) is 5.81. The summed E-state index contributed by atoms with van der Waals surface area (Å²) in [4.78, 5) is 26.0. The van der Waals surface area contributed by atoms with Crippen molar-refractivity contribution >= 4 is 34.8 Å². The highest BCUT2D eigenvalue weighted by Gasteiger charge is 2.39. The van der Waals surface area contributed by atoms with Crippen LogP contribution in [0.4, 0.5) is 11.4 Å². The topological polar surface area (TPSA) is 49.4 Å². The largest absolute Gasteiger partial charge is 0.373 e. The van der Waals surface area contributed by atoms with Crippen molar-refractivity contribution in [1.29, 1.82) is 0 Å². The lowest BCUT2D eigenvalue weighted by atomic mass is 10.2. The van der Waals surface area contributed by atoms with Crippen LogP contribution in [-0.2, 0) is 9.59 Å². The van der Waals surface area contributed by atoms with Crippen LogP contribution in [0.1, 0.15) is 12.0 Å². The monoisotopic (exact) mass is 314 g/mol.